The fraction of sp³-hybridized carbons (Fsp3) is 0.611. The number of carbonyl (C=O) groups excluding carboxylic acids is 1. The molecule has 0 unspecified atom stereocenters. The Bertz CT molecular complexity index is 507. The fourth-order valence-electron chi connectivity index (χ4n) is 3.52. The van der Waals surface area contributed by atoms with Crippen molar-refractivity contribution in [2.45, 2.75) is 50.5 Å². The van der Waals surface area contributed by atoms with Crippen molar-refractivity contribution < 1.29 is 4.79 Å². The Hall–Kier alpha value is -1.44. The molecule has 3 rings (SSSR count). The SMILES string of the molecule is O=C=NC1(c2ccc(CCN3CCCCC3)cc2)CCC1. The van der Waals surface area contributed by atoms with E-state index in [1.807, 2.05) is 0 Å². The van der Waals surface area contributed by atoms with Crippen LogP contribution in [0.4, 0.5) is 0 Å². The molecule has 0 bridgehead atoms. The first-order chi connectivity index (χ1) is 10.3. The van der Waals surface area contributed by atoms with Gasteiger partial charge >= 0.3 is 0 Å². The van der Waals surface area contributed by atoms with Gasteiger partial charge in [0.25, 0.3) is 0 Å². The number of nitrogens with zero attached hydrogens (tertiary/aromatic N) is 2. The summed E-state index contributed by atoms with van der Waals surface area (Å²) < 4.78 is 0. The molecule has 0 spiro atoms. The Labute approximate surface area is 127 Å². The van der Waals surface area contributed by atoms with E-state index in [-0.39, 0.29) is 5.54 Å². The van der Waals surface area contributed by atoms with Gasteiger partial charge in [-0.05, 0) is 62.7 Å². The minimum Gasteiger partial charge on any atom is -0.303 e. The highest BCUT2D eigenvalue weighted by molar-refractivity contribution is 5.40. The van der Waals surface area contributed by atoms with Crippen LogP contribution in [0.3, 0.4) is 0 Å². The van der Waals surface area contributed by atoms with E-state index in [9.17, 15) is 4.79 Å². The molecule has 0 aromatic heterocycles. The Morgan fingerprint density at radius 1 is 1.05 bits per heavy atom. The summed E-state index contributed by atoms with van der Waals surface area (Å²) in [7, 11) is 0. The van der Waals surface area contributed by atoms with Gasteiger partial charge in [-0.15, -0.1) is 0 Å². The van der Waals surface area contributed by atoms with Crippen molar-refractivity contribution >= 4 is 6.08 Å². The van der Waals surface area contributed by atoms with Crippen LogP contribution in [0.25, 0.3) is 0 Å². The van der Waals surface area contributed by atoms with Crippen molar-refractivity contribution in [3.05, 3.63) is 35.4 Å². The average Bonchev–Trinajstić information content (AvgIpc) is 2.51. The van der Waals surface area contributed by atoms with Gasteiger partial charge in [-0.25, -0.2) is 4.79 Å². The van der Waals surface area contributed by atoms with Crippen LogP contribution in [0, 0.1) is 0 Å². The second-order valence-electron chi connectivity index (χ2n) is 6.44. The second kappa shape index (κ2) is 6.55. The maximum Gasteiger partial charge on any atom is 0.235 e. The van der Waals surface area contributed by atoms with E-state index in [1.54, 1.807) is 6.08 Å². The Kier molecular flexibility index (Phi) is 4.52. The largest absolute Gasteiger partial charge is 0.303 e. The topological polar surface area (TPSA) is 32.7 Å². The quantitative estimate of drug-likeness (QED) is 0.613. The first-order valence-electron chi connectivity index (χ1n) is 8.23. The molecule has 1 aliphatic carbocycles. The smallest absolute Gasteiger partial charge is 0.235 e. The summed E-state index contributed by atoms with van der Waals surface area (Å²) in [5.74, 6) is 0. The molecule has 1 aromatic rings. The van der Waals surface area contributed by atoms with Crippen molar-refractivity contribution in [3.8, 4) is 0 Å². The zero-order valence-electron chi connectivity index (χ0n) is 12.7. The van der Waals surface area contributed by atoms with Gasteiger partial charge < -0.3 is 4.90 Å². The monoisotopic (exact) mass is 284 g/mol. The van der Waals surface area contributed by atoms with Crippen molar-refractivity contribution in [1.82, 2.24) is 4.90 Å². The van der Waals surface area contributed by atoms with E-state index in [1.165, 1.54) is 43.5 Å². The van der Waals surface area contributed by atoms with Crippen LogP contribution in [0.2, 0.25) is 0 Å². The highest BCUT2D eigenvalue weighted by atomic mass is 16.1. The third kappa shape index (κ3) is 3.25. The fourth-order valence-corrected chi connectivity index (χ4v) is 3.52. The Morgan fingerprint density at radius 2 is 1.76 bits per heavy atom. The van der Waals surface area contributed by atoms with Gasteiger partial charge in [-0.1, -0.05) is 30.7 Å². The number of likely N-dealkylation sites (tertiary alicyclic amines) is 1. The van der Waals surface area contributed by atoms with Gasteiger partial charge in [0, 0.05) is 6.54 Å². The lowest BCUT2D eigenvalue weighted by atomic mass is 9.72. The van der Waals surface area contributed by atoms with Crippen LogP contribution < -0.4 is 0 Å². The molecule has 2 aliphatic rings. The summed E-state index contributed by atoms with van der Waals surface area (Å²) in [6, 6.07) is 8.73. The van der Waals surface area contributed by atoms with Gasteiger partial charge in [0.2, 0.25) is 6.08 Å². The summed E-state index contributed by atoms with van der Waals surface area (Å²) >= 11 is 0. The molecule has 21 heavy (non-hydrogen) atoms. The van der Waals surface area contributed by atoms with Gasteiger partial charge in [-0.3, -0.25) is 0 Å². The normalized spacial score (nSPS) is 21.3. The minimum absolute atomic E-state index is 0.257. The summed E-state index contributed by atoms with van der Waals surface area (Å²) in [5, 5.41) is 0. The number of piperidine rings is 1. The molecule has 1 aromatic carbocycles. The summed E-state index contributed by atoms with van der Waals surface area (Å²) in [5.41, 5.74) is 2.31. The van der Waals surface area contributed by atoms with Crippen LogP contribution in [0.5, 0.6) is 0 Å². The summed E-state index contributed by atoms with van der Waals surface area (Å²) in [6.07, 6.45) is 10.1. The number of rotatable bonds is 5. The van der Waals surface area contributed by atoms with Crippen LogP contribution in [0.1, 0.15) is 49.7 Å². The molecule has 112 valence electrons. The molecule has 3 nitrogen and oxygen atoms in total. The molecule has 1 heterocycles. The van der Waals surface area contributed by atoms with Crippen LogP contribution in [-0.2, 0) is 16.8 Å². The Balaban J connectivity index is 1.60. The first kappa shape index (κ1) is 14.5. The third-order valence-electron chi connectivity index (χ3n) is 5.10. The van der Waals surface area contributed by atoms with Crippen LogP contribution >= 0.6 is 0 Å². The highest BCUT2D eigenvalue weighted by Crippen LogP contribution is 2.44. The predicted molar refractivity (Wildman–Crippen MR) is 84.1 cm³/mol. The lowest BCUT2D eigenvalue weighted by Gasteiger charge is -2.37. The molecule has 2 fully saturated rings. The van der Waals surface area contributed by atoms with E-state index < -0.39 is 0 Å². The standard InChI is InChI=1S/C18H24N2O/c21-15-19-18(10-4-11-18)17-7-5-16(6-8-17)9-14-20-12-2-1-3-13-20/h5-8H,1-4,9-14H2. The molecule has 1 saturated heterocycles. The van der Waals surface area contributed by atoms with Crippen molar-refractivity contribution in [2.24, 2.45) is 4.99 Å². The van der Waals surface area contributed by atoms with Crippen molar-refractivity contribution in [3.63, 3.8) is 0 Å². The number of hydrogen-bond donors (Lipinski definition) is 0. The summed E-state index contributed by atoms with van der Waals surface area (Å²) in [4.78, 5) is 17.3. The molecule has 0 N–H and O–H groups in total. The maximum atomic E-state index is 10.6. The van der Waals surface area contributed by atoms with E-state index in [0.717, 1.165) is 32.2 Å². The molecule has 1 aliphatic heterocycles. The Morgan fingerprint density at radius 3 is 2.33 bits per heavy atom. The molecular formula is C18H24N2O. The van der Waals surface area contributed by atoms with Crippen molar-refractivity contribution in [2.75, 3.05) is 19.6 Å². The van der Waals surface area contributed by atoms with Gasteiger partial charge in [0.05, 0.1) is 5.54 Å². The average molecular weight is 284 g/mol. The zero-order valence-corrected chi connectivity index (χ0v) is 12.7. The second-order valence-corrected chi connectivity index (χ2v) is 6.44. The van der Waals surface area contributed by atoms with Gasteiger partial charge in [-0.2, -0.15) is 4.99 Å². The van der Waals surface area contributed by atoms with E-state index in [2.05, 4.69) is 34.2 Å². The lowest BCUT2D eigenvalue weighted by Crippen LogP contribution is -2.32. The first-order valence-corrected chi connectivity index (χ1v) is 8.23. The molecule has 1 saturated carbocycles. The number of hydrogen-bond acceptors (Lipinski definition) is 3. The molecule has 0 radical (unpaired) electrons. The molecule has 3 heteroatoms. The number of benzene rings is 1. The summed E-state index contributed by atoms with van der Waals surface area (Å²) in [6.45, 7) is 3.68. The van der Waals surface area contributed by atoms with E-state index in [4.69, 9.17) is 0 Å². The number of isocyanates is 1. The van der Waals surface area contributed by atoms with E-state index in [0.29, 0.717) is 0 Å². The molecular weight excluding hydrogens is 260 g/mol. The zero-order chi connectivity index (χ0) is 14.5. The highest BCUT2D eigenvalue weighted by Gasteiger charge is 2.38. The lowest BCUT2D eigenvalue weighted by molar-refractivity contribution is 0.231. The van der Waals surface area contributed by atoms with Gasteiger partial charge in [0.15, 0.2) is 0 Å². The maximum absolute atomic E-state index is 10.6. The predicted octanol–water partition coefficient (Wildman–Crippen LogP) is 3.43. The van der Waals surface area contributed by atoms with Gasteiger partial charge in [0.1, 0.15) is 0 Å². The molecule has 0 amide bonds. The minimum atomic E-state index is -0.257. The number of aliphatic imine (C=N–C) groups is 1. The van der Waals surface area contributed by atoms with Crippen molar-refractivity contribution in [1.29, 1.82) is 0 Å². The molecule has 0 atom stereocenters. The van der Waals surface area contributed by atoms with E-state index >= 15 is 0 Å². The third-order valence-corrected chi connectivity index (χ3v) is 5.10. The van der Waals surface area contributed by atoms with Crippen LogP contribution in [0.15, 0.2) is 29.3 Å². The van der Waals surface area contributed by atoms with Crippen LogP contribution in [-0.4, -0.2) is 30.6 Å².